The summed E-state index contributed by atoms with van der Waals surface area (Å²) in [4.78, 5) is 39.7. The molecule has 0 N–H and O–H groups in total. The maximum absolute atomic E-state index is 13.5. The highest BCUT2D eigenvalue weighted by Crippen LogP contribution is 2.32. The van der Waals surface area contributed by atoms with Gasteiger partial charge in [-0.25, -0.2) is 0 Å². The van der Waals surface area contributed by atoms with E-state index in [-0.39, 0.29) is 28.0 Å². The van der Waals surface area contributed by atoms with Gasteiger partial charge in [0.25, 0.3) is 11.6 Å². The molecule has 0 fully saturated rings. The van der Waals surface area contributed by atoms with Gasteiger partial charge in [-0.1, -0.05) is 26.7 Å². The van der Waals surface area contributed by atoms with E-state index in [0.29, 0.717) is 33.6 Å². The molecule has 1 aromatic heterocycles. The Bertz CT molecular complexity index is 1180. The fraction of sp³-hybridized carbons (Fsp3) is 0.391. The predicted molar refractivity (Wildman–Crippen MR) is 125 cm³/mol. The van der Waals surface area contributed by atoms with Gasteiger partial charge in [0.2, 0.25) is 0 Å². The third-order valence-electron chi connectivity index (χ3n) is 5.26. The number of non-ortho nitro benzene ring substituents is 1. The summed E-state index contributed by atoms with van der Waals surface area (Å²) >= 11 is 1.26. The van der Waals surface area contributed by atoms with E-state index in [1.165, 1.54) is 30.6 Å². The Hall–Kier alpha value is -3.00. The molecule has 0 aliphatic carbocycles. The molecule has 0 bridgehead atoms. The first-order valence-corrected chi connectivity index (χ1v) is 11.2. The molecular weight excluding hydrogens is 416 g/mol. The molecule has 0 unspecified atom stereocenters. The van der Waals surface area contributed by atoms with Gasteiger partial charge in [0, 0.05) is 40.0 Å². The van der Waals surface area contributed by atoms with Gasteiger partial charge >= 0.3 is 0 Å². The van der Waals surface area contributed by atoms with Gasteiger partial charge < -0.3 is 9.64 Å². The van der Waals surface area contributed by atoms with Crippen LogP contribution in [0.1, 0.15) is 49.9 Å². The van der Waals surface area contributed by atoms with Gasteiger partial charge in [0.05, 0.1) is 23.0 Å². The Balaban J connectivity index is 2.28. The summed E-state index contributed by atoms with van der Waals surface area (Å²) in [6.07, 6.45) is 3.50. The van der Waals surface area contributed by atoms with Crippen LogP contribution in [0.4, 0.5) is 5.69 Å². The number of carbonyl (C=O) groups excluding carboxylic acids is 1. The molecular formula is C23H26N2O5S. The second-order valence-electron chi connectivity index (χ2n) is 7.42. The highest BCUT2D eigenvalue weighted by Gasteiger charge is 2.24. The average Bonchev–Trinajstić information content (AvgIpc) is 2.77. The molecule has 31 heavy (non-hydrogen) atoms. The number of fused-ring (bicyclic) bond motifs is 2. The molecule has 0 aliphatic rings. The highest BCUT2D eigenvalue weighted by atomic mass is 32.1. The Morgan fingerprint density at radius 2 is 1.77 bits per heavy atom. The van der Waals surface area contributed by atoms with Crippen LogP contribution in [0, 0.1) is 10.1 Å². The van der Waals surface area contributed by atoms with Crippen LogP contribution >= 0.6 is 11.3 Å². The quantitative estimate of drug-likeness (QED) is 0.252. The highest BCUT2D eigenvalue weighted by molar-refractivity contribution is 7.24. The third-order valence-corrected chi connectivity index (χ3v) is 6.37. The number of unbranched alkanes of at least 4 members (excludes halogenated alkanes) is 2. The zero-order chi connectivity index (χ0) is 22.5. The van der Waals surface area contributed by atoms with E-state index >= 15 is 0 Å². The van der Waals surface area contributed by atoms with Crippen LogP contribution in [-0.2, 0) is 0 Å². The maximum Gasteiger partial charge on any atom is 0.271 e. The van der Waals surface area contributed by atoms with Crippen LogP contribution in [0.15, 0.2) is 35.1 Å². The van der Waals surface area contributed by atoms with Crippen molar-refractivity contribution in [1.82, 2.24) is 4.90 Å². The lowest BCUT2D eigenvalue weighted by molar-refractivity contribution is -0.384. The van der Waals surface area contributed by atoms with E-state index in [1.54, 1.807) is 23.1 Å². The Morgan fingerprint density at radius 3 is 2.35 bits per heavy atom. The van der Waals surface area contributed by atoms with Gasteiger partial charge in [-0.05, 0) is 31.0 Å². The van der Waals surface area contributed by atoms with Crippen molar-refractivity contribution in [2.24, 2.45) is 0 Å². The Labute approximate surface area is 184 Å². The number of methoxy groups -OCH3 is 1. The zero-order valence-electron chi connectivity index (χ0n) is 18.0. The number of nitro groups is 1. The first-order valence-electron chi connectivity index (χ1n) is 10.4. The molecule has 0 spiro atoms. The number of amides is 1. The molecule has 0 atom stereocenters. The number of nitro benzene ring substituents is 1. The largest absolute Gasteiger partial charge is 0.497 e. The number of hydrogen-bond donors (Lipinski definition) is 0. The van der Waals surface area contributed by atoms with Crippen LogP contribution in [0.5, 0.6) is 5.75 Å². The van der Waals surface area contributed by atoms with E-state index in [9.17, 15) is 19.7 Å². The van der Waals surface area contributed by atoms with Crippen molar-refractivity contribution in [2.75, 3.05) is 20.2 Å². The fourth-order valence-electron chi connectivity index (χ4n) is 3.53. The SMILES string of the molecule is CCCCN(CCCC)C(=O)c1cc([N+](=O)[O-])cc2sc3ccc(OC)cc3c(=O)c12. The lowest BCUT2D eigenvalue weighted by Crippen LogP contribution is -2.33. The minimum atomic E-state index is -0.520. The van der Waals surface area contributed by atoms with Crippen molar-refractivity contribution < 1.29 is 14.5 Å². The Kier molecular flexibility index (Phi) is 7.22. The summed E-state index contributed by atoms with van der Waals surface area (Å²) in [7, 11) is 1.52. The number of nitrogens with zero attached hydrogens (tertiary/aromatic N) is 2. The van der Waals surface area contributed by atoms with Crippen molar-refractivity contribution in [3.8, 4) is 5.75 Å². The normalized spacial score (nSPS) is 11.1. The van der Waals surface area contributed by atoms with Crippen molar-refractivity contribution in [3.05, 3.63) is 56.2 Å². The second kappa shape index (κ2) is 9.87. The van der Waals surface area contributed by atoms with Gasteiger partial charge in [0.15, 0.2) is 5.43 Å². The zero-order valence-corrected chi connectivity index (χ0v) is 18.8. The van der Waals surface area contributed by atoms with Crippen molar-refractivity contribution in [1.29, 1.82) is 0 Å². The minimum Gasteiger partial charge on any atom is -0.497 e. The molecule has 3 rings (SSSR count). The van der Waals surface area contributed by atoms with Crippen LogP contribution < -0.4 is 10.2 Å². The first kappa shape index (κ1) is 22.7. The summed E-state index contributed by atoms with van der Waals surface area (Å²) in [5, 5.41) is 12.2. The van der Waals surface area contributed by atoms with Crippen LogP contribution in [0.3, 0.4) is 0 Å². The average molecular weight is 443 g/mol. The van der Waals surface area contributed by atoms with Crippen molar-refractivity contribution in [3.63, 3.8) is 0 Å². The molecule has 0 radical (unpaired) electrons. The number of ether oxygens (including phenoxy) is 1. The van der Waals surface area contributed by atoms with E-state index < -0.39 is 4.92 Å². The molecule has 7 nitrogen and oxygen atoms in total. The third kappa shape index (κ3) is 4.69. The van der Waals surface area contributed by atoms with Gasteiger partial charge in [-0.2, -0.15) is 0 Å². The number of rotatable bonds is 9. The smallest absolute Gasteiger partial charge is 0.271 e. The summed E-state index contributed by atoms with van der Waals surface area (Å²) < 4.78 is 6.37. The molecule has 0 saturated heterocycles. The fourth-order valence-corrected chi connectivity index (χ4v) is 4.65. The number of carbonyl (C=O) groups is 1. The number of benzene rings is 2. The standard InChI is InChI=1S/C23H26N2O5S/c1-4-6-10-24(11-7-5-2)23(27)18-12-15(25(28)29)13-20-21(18)22(26)17-14-16(30-3)8-9-19(17)31-20/h8-9,12-14H,4-7,10-11H2,1-3H3. The molecule has 1 amide bonds. The van der Waals surface area contributed by atoms with Gasteiger partial charge in [0.1, 0.15) is 5.75 Å². The van der Waals surface area contributed by atoms with Crippen LogP contribution in [0.25, 0.3) is 20.2 Å². The number of hydrogen-bond acceptors (Lipinski definition) is 6. The molecule has 164 valence electrons. The van der Waals surface area contributed by atoms with E-state index in [1.807, 2.05) is 13.8 Å². The van der Waals surface area contributed by atoms with Gasteiger partial charge in [-0.3, -0.25) is 19.7 Å². The molecule has 8 heteroatoms. The van der Waals surface area contributed by atoms with Crippen molar-refractivity contribution >= 4 is 43.1 Å². The van der Waals surface area contributed by atoms with E-state index in [2.05, 4.69) is 0 Å². The molecule has 3 aromatic rings. The lowest BCUT2D eigenvalue weighted by Gasteiger charge is -2.23. The monoisotopic (exact) mass is 442 g/mol. The molecule has 1 heterocycles. The van der Waals surface area contributed by atoms with E-state index in [4.69, 9.17) is 4.74 Å². The summed E-state index contributed by atoms with van der Waals surface area (Å²) in [5.41, 5.74) is -0.403. The predicted octanol–water partition coefficient (Wildman–Crippen LogP) is 5.37. The Morgan fingerprint density at radius 1 is 1.10 bits per heavy atom. The van der Waals surface area contributed by atoms with Gasteiger partial charge in [-0.15, -0.1) is 11.3 Å². The minimum absolute atomic E-state index is 0.0994. The lowest BCUT2D eigenvalue weighted by atomic mass is 10.0. The van der Waals surface area contributed by atoms with Crippen LogP contribution in [-0.4, -0.2) is 35.9 Å². The van der Waals surface area contributed by atoms with Crippen molar-refractivity contribution in [2.45, 2.75) is 39.5 Å². The first-order chi connectivity index (χ1) is 14.9. The summed E-state index contributed by atoms with van der Waals surface area (Å²) in [5.74, 6) is 0.209. The molecule has 2 aromatic carbocycles. The molecule has 0 saturated carbocycles. The topological polar surface area (TPSA) is 89.8 Å². The van der Waals surface area contributed by atoms with Crippen LogP contribution in [0.2, 0.25) is 0 Å². The summed E-state index contributed by atoms with van der Waals surface area (Å²) in [6, 6.07) is 7.77. The molecule has 0 aliphatic heterocycles. The van der Waals surface area contributed by atoms with E-state index in [0.717, 1.165) is 25.7 Å². The summed E-state index contributed by atoms with van der Waals surface area (Å²) in [6.45, 7) is 5.20. The second-order valence-corrected chi connectivity index (χ2v) is 8.50. The maximum atomic E-state index is 13.5.